The van der Waals surface area contributed by atoms with Crippen LogP contribution in [0.25, 0.3) is 0 Å². The smallest absolute Gasteiger partial charge is 0.339 e. The Morgan fingerprint density at radius 1 is 0.862 bits per heavy atom. The second-order valence-corrected chi connectivity index (χ2v) is 6.65. The average molecular weight is 398 g/mol. The molecule has 0 aromatic heterocycles. The molecule has 0 amide bonds. The zero-order chi connectivity index (χ0) is 20.1. The van der Waals surface area contributed by atoms with Crippen LogP contribution in [0.4, 0.5) is 0 Å². The van der Waals surface area contributed by atoms with Crippen molar-refractivity contribution in [3.8, 4) is 34.5 Å². The summed E-state index contributed by atoms with van der Waals surface area (Å²) in [5, 5.41) is 0. The highest BCUT2D eigenvalue weighted by Gasteiger charge is 2.41. The molecule has 3 heterocycles. The molecule has 3 aliphatic heterocycles. The standard InChI is InChI=1S/C21H18O8/c1-23-15-4-10(5-16(24-2)20(15)25-3)18-11-6-13-14(28-9-27-13)7-12(11)29-17-8-26-21(22)19(17)18/h4-7,18H,8-9H2,1-3H3. The van der Waals surface area contributed by atoms with Crippen molar-refractivity contribution in [3.63, 3.8) is 0 Å². The second-order valence-electron chi connectivity index (χ2n) is 6.65. The molecule has 8 nitrogen and oxygen atoms in total. The summed E-state index contributed by atoms with van der Waals surface area (Å²) in [5.74, 6) is 2.86. The van der Waals surface area contributed by atoms with E-state index in [-0.39, 0.29) is 13.4 Å². The van der Waals surface area contributed by atoms with Crippen LogP contribution in [-0.2, 0) is 9.53 Å². The lowest BCUT2D eigenvalue weighted by atomic mass is 9.82. The van der Waals surface area contributed by atoms with Crippen LogP contribution in [0.5, 0.6) is 34.5 Å². The minimum atomic E-state index is -0.452. The molecule has 3 aliphatic rings. The van der Waals surface area contributed by atoms with Gasteiger partial charge in [0.05, 0.1) is 26.9 Å². The monoisotopic (exact) mass is 398 g/mol. The van der Waals surface area contributed by atoms with Crippen LogP contribution in [0.1, 0.15) is 17.0 Å². The Kier molecular flexibility index (Phi) is 3.94. The SMILES string of the molecule is COc1cc(C2C3=C(COC3=O)Oc3cc4c(cc32)OCO4)cc(OC)c1OC. The van der Waals surface area contributed by atoms with Gasteiger partial charge >= 0.3 is 5.97 Å². The van der Waals surface area contributed by atoms with Gasteiger partial charge in [-0.15, -0.1) is 0 Å². The van der Waals surface area contributed by atoms with Crippen molar-refractivity contribution in [2.75, 3.05) is 34.7 Å². The number of carbonyl (C=O) groups is 1. The van der Waals surface area contributed by atoms with E-state index in [1.807, 2.05) is 18.2 Å². The molecule has 1 atom stereocenters. The summed E-state index contributed by atoms with van der Waals surface area (Å²) < 4.78 is 38.6. The van der Waals surface area contributed by atoms with Crippen LogP contribution in [0.2, 0.25) is 0 Å². The number of carbonyl (C=O) groups excluding carboxylic acids is 1. The lowest BCUT2D eigenvalue weighted by molar-refractivity contribution is -0.136. The zero-order valence-electron chi connectivity index (χ0n) is 16.1. The molecule has 0 fully saturated rings. The molecule has 8 heteroatoms. The van der Waals surface area contributed by atoms with Crippen molar-refractivity contribution in [3.05, 3.63) is 46.7 Å². The van der Waals surface area contributed by atoms with Gasteiger partial charge in [0.1, 0.15) is 12.4 Å². The van der Waals surface area contributed by atoms with Crippen LogP contribution in [0.3, 0.4) is 0 Å². The van der Waals surface area contributed by atoms with Crippen molar-refractivity contribution >= 4 is 5.97 Å². The highest BCUT2D eigenvalue weighted by atomic mass is 16.7. The third-order valence-electron chi connectivity index (χ3n) is 5.21. The van der Waals surface area contributed by atoms with Gasteiger partial charge in [0, 0.05) is 17.5 Å². The van der Waals surface area contributed by atoms with E-state index in [1.165, 1.54) is 0 Å². The zero-order valence-corrected chi connectivity index (χ0v) is 16.1. The molecule has 150 valence electrons. The molecular weight excluding hydrogens is 380 g/mol. The van der Waals surface area contributed by atoms with E-state index in [9.17, 15) is 4.79 Å². The molecule has 1 unspecified atom stereocenters. The number of rotatable bonds is 4. The van der Waals surface area contributed by atoms with Gasteiger partial charge in [-0.25, -0.2) is 4.79 Å². The summed E-state index contributed by atoms with van der Waals surface area (Å²) in [6, 6.07) is 7.25. The first-order valence-electron chi connectivity index (χ1n) is 8.96. The first kappa shape index (κ1) is 17.5. The van der Waals surface area contributed by atoms with Gasteiger partial charge < -0.3 is 33.2 Å². The Hall–Kier alpha value is -3.55. The molecule has 2 aromatic carbocycles. The third kappa shape index (κ3) is 2.55. The Bertz CT molecular complexity index is 1030. The van der Waals surface area contributed by atoms with Crippen molar-refractivity contribution in [2.24, 2.45) is 0 Å². The molecule has 0 saturated heterocycles. The van der Waals surface area contributed by atoms with Crippen molar-refractivity contribution in [1.82, 2.24) is 0 Å². The topological polar surface area (TPSA) is 81.7 Å². The highest BCUT2D eigenvalue weighted by Crippen LogP contribution is 2.52. The largest absolute Gasteiger partial charge is 0.493 e. The van der Waals surface area contributed by atoms with E-state index in [0.29, 0.717) is 45.8 Å². The Balaban J connectivity index is 1.74. The lowest BCUT2D eigenvalue weighted by Gasteiger charge is -2.27. The molecule has 0 bridgehead atoms. The van der Waals surface area contributed by atoms with Gasteiger partial charge in [0.25, 0.3) is 0 Å². The number of methoxy groups -OCH3 is 3. The summed E-state index contributed by atoms with van der Waals surface area (Å²) >= 11 is 0. The number of ether oxygens (including phenoxy) is 7. The number of fused-ring (bicyclic) bond motifs is 2. The number of hydrogen-bond acceptors (Lipinski definition) is 8. The van der Waals surface area contributed by atoms with E-state index in [2.05, 4.69) is 0 Å². The van der Waals surface area contributed by atoms with Crippen LogP contribution >= 0.6 is 0 Å². The summed E-state index contributed by atoms with van der Waals surface area (Å²) in [7, 11) is 4.64. The normalized spacial score (nSPS) is 18.6. The molecule has 0 radical (unpaired) electrons. The van der Waals surface area contributed by atoms with Crippen LogP contribution < -0.4 is 28.4 Å². The minimum Gasteiger partial charge on any atom is -0.493 e. The van der Waals surface area contributed by atoms with Gasteiger partial charge in [-0.1, -0.05) is 0 Å². The Labute approximate surface area is 166 Å². The first-order valence-corrected chi connectivity index (χ1v) is 8.96. The van der Waals surface area contributed by atoms with Crippen molar-refractivity contribution in [2.45, 2.75) is 5.92 Å². The van der Waals surface area contributed by atoms with E-state index < -0.39 is 11.9 Å². The summed E-state index contributed by atoms with van der Waals surface area (Å²) in [6.45, 7) is 0.227. The van der Waals surface area contributed by atoms with E-state index in [4.69, 9.17) is 33.2 Å². The minimum absolute atomic E-state index is 0.0863. The van der Waals surface area contributed by atoms with Crippen molar-refractivity contribution in [1.29, 1.82) is 0 Å². The summed E-state index contributed by atoms with van der Waals surface area (Å²) in [5.41, 5.74) is 1.99. The fourth-order valence-corrected chi connectivity index (χ4v) is 3.92. The van der Waals surface area contributed by atoms with Crippen molar-refractivity contribution < 1.29 is 38.0 Å². The van der Waals surface area contributed by atoms with Crippen LogP contribution in [0.15, 0.2) is 35.6 Å². The van der Waals surface area contributed by atoms with Gasteiger partial charge in [-0.3, -0.25) is 0 Å². The molecule has 0 aliphatic carbocycles. The Morgan fingerprint density at radius 3 is 2.21 bits per heavy atom. The van der Waals surface area contributed by atoms with E-state index in [0.717, 1.165) is 11.1 Å². The van der Waals surface area contributed by atoms with E-state index >= 15 is 0 Å². The van der Waals surface area contributed by atoms with E-state index in [1.54, 1.807) is 27.4 Å². The number of esters is 1. The fourth-order valence-electron chi connectivity index (χ4n) is 3.92. The second kappa shape index (κ2) is 6.51. The molecule has 0 spiro atoms. The maximum absolute atomic E-state index is 12.6. The number of cyclic esters (lactones) is 1. The quantitative estimate of drug-likeness (QED) is 0.728. The molecule has 0 saturated carbocycles. The van der Waals surface area contributed by atoms with Crippen LogP contribution in [0, 0.1) is 0 Å². The highest BCUT2D eigenvalue weighted by molar-refractivity contribution is 5.95. The van der Waals surface area contributed by atoms with Gasteiger partial charge in [-0.05, 0) is 23.8 Å². The molecular formula is C21H18O8. The first-order chi connectivity index (χ1) is 14.1. The third-order valence-corrected chi connectivity index (χ3v) is 5.21. The number of hydrogen-bond donors (Lipinski definition) is 0. The predicted molar refractivity (Wildman–Crippen MR) is 99.1 cm³/mol. The predicted octanol–water partition coefficient (Wildman–Crippen LogP) is 2.78. The fraction of sp³-hybridized carbons (Fsp3) is 0.286. The van der Waals surface area contributed by atoms with Gasteiger partial charge in [0.2, 0.25) is 12.5 Å². The lowest BCUT2D eigenvalue weighted by Crippen LogP contribution is -2.18. The molecule has 0 N–H and O–H groups in total. The summed E-state index contributed by atoms with van der Waals surface area (Å²) in [4.78, 5) is 12.6. The number of benzene rings is 2. The van der Waals surface area contributed by atoms with Gasteiger partial charge in [0.15, 0.2) is 28.8 Å². The maximum Gasteiger partial charge on any atom is 0.339 e. The molecule has 2 aromatic rings. The van der Waals surface area contributed by atoms with Crippen LogP contribution in [-0.4, -0.2) is 40.7 Å². The molecule has 29 heavy (non-hydrogen) atoms. The summed E-state index contributed by atoms with van der Waals surface area (Å²) in [6.07, 6.45) is 0. The van der Waals surface area contributed by atoms with Gasteiger partial charge in [-0.2, -0.15) is 0 Å². The maximum atomic E-state index is 12.6. The Morgan fingerprint density at radius 2 is 1.55 bits per heavy atom. The average Bonchev–Trinajstić information content (AvgIpc) is 3.35. The molecule has 5 rings (SSSR count).